The summed E-state index contributed by atoms with van der Waals surface area (Å²) in [4.78, 5) is 62.8. The molecule has 0 radical (unpaired) electrons. The molecule has 10 N–H and O–H groups in total. The Bertz CT molecular complexity index is 1030. The molecule has 0 aliphatic carbocycles. The van der Waals surface area contributed by atoms with Crippen molar-refractivity contribution in [1.29, 1.82) is 0 Å². The van der Waals surface area contributed by atoms with E-state index >= 15 is 0 Å². The van der Waals surface area contributed by atoms with E-state index in [1.165, 1.54) is 13.8 Å². The summed E-state index contributed by atoms with van der Waals surface area (Å²) in [5, 5.41) is 87.0. The zero-order chi connectivity index (χ0) is 46.8. The van der Waals surface area contributed by atoms with Gasteiger partial charge in [0.15, 0.2) is 0 Å². The molecular weight excluding hydrogens is 815 g/mol. The topological polar surface area (TPSA) is 323 Å². The van der Waals surface area contributed by atoms with E-state index in [0.717, 1.165) is 103 Å². The number of carbonyl (C=O) groups is 6. The van der Waals surface area contributed by atoms with Crippen molar-refractivity contribution in [1.82, 2.24) is 0 Å². The second-order valence-electron chi connectivity index (χ2n) is 14.9. The molecule has 0 aromatic carbocycles. The molecule has 0 rings (SSSR count). The minimum atomic E-state index is -1.18. The van der Waals surface area contributed by atoms with Crippen molar-refractivity contribution in [2.24, 2.45) is 10.8 Å². The third-order valence-corrected chi connectivity index (χ3v) is 8.79. The quantitative estimate of drug-likeness (QED) is 0.0191. The van der Waals surface area contributed by atoms with Crippen molar-refractivity contribution in [2.45, 2.75) is 142 Å². The van der Waals surface area contributed by atoms with Gasteiger partial charge in [-0.25, -0.2) is 9.59 Å². The first-order chi connectivity index (χ1) is 28.3. The number of aliphatic carboxylic acids is 4. The van der Waals surface area contributed by atoms with Gasteiger partial charge in [0.25, 0.3) is 0 Å². The monoisotopic (exact) mass is 893 g/mol. The van der Waals surface area contributed by atoms with Crippen molar-refractivity contribution in [3.63, 3.8) is 0 Å². The van der Waals surface area contributed by atoms with Crippen LogP contribution in [0.15, 0.2) is 24.3 Å². The van der Waals surface area contributed by atoms with Crippen LogP contribution >= 0.6 is 0 Å². The van der Waals surface area contributed by atoms with Crippen LogP contribution in [0.3, 0.4) is 0 Å². The first kappa shape index (κ1) is 67.1. The standard InChI is InChI=1S/2C12H22O4.2C9H16O5.Na.H/c2*13-11(14)9-7-5-3-1-2-4-6-8-10-12(15)16;2*1-7(2)8(13)14-6-9(3-10,4-11)5-12;;/h2*1-10H2,(H,13,14)(H,15,16);2*10-12H,1,3-6H2,2H3;;. The van der Waals surface area contributed by atoms with Crippen molar-refractivity contribution < 1.29 is 89.3 Å². The van der Waals surface area contributed by atoms with Crippen LogP contribution in [0.1, 0.15) is 142 Å². The van der Waals surface area contributed by atoms with Gasteiger partial charge in [-0.2, -0.15) is 0 Å². The van der Waals surface area contributed by atoms with E-state index in [1.54, 1.807) is 0 Å². The molecule has 61 heavy (non-hydrogen) atoms. The minimum absolute atomic E-state index is 0. The van der Waals surface area contributed by atoms with Gasteiger partial charge in [-0.05, 0) is 39.5 Å². The SMILES string of the molecule is C=C(C)C(=O)OCC(CO)(CO)CO.C=C(C)C(=O)OCC(CO)(CO)CO.O=C(O)CCCCCCCCCCC(=O)O.O=C(O)CCCCCCCCCCC(=O)O.[NaH]. The van der Waals surface area contributed by atoms with Crippen LogP contribution in [-0.4, -0.2) is 169 Å². The van der Waals surface area contributed by atoms with Gasteiger partial charge in [-0.3, -0.25) is 19.2 Å². The second kappa shape index (κ2) is 45.1. The summed E-state index contributed by atoms with van der Waals surface area (Å²) in [6.07, 6.45) is 17.0. The summed E-state index contributed by atoms with van der Waals surface area (Å²) >= 11 is 0. The van der Waals surface area contributed by atoms with Crippen LogP contribution in [0.4, 0.5) is 0 Å². The summed E-state index contributed by atoms with van der Waals surface area (Å²) in [5.41, 5.74) is -1.89. The average Bonchev–Trinajstić information content (AvgIpc) is 3.20. The van der Waals surface area contributed by atoms with Gasteiger partial charge in [0, 0.05) is 36.8 Å². The van der Waals surface area contributed by atoms with Crippen LogP contribution in [0, 0.1) is 10.8 Å². The molecule has 18 nitrogen and oxygen atoms in total. The number of aliphatic hydroxyl groups is 6. The van der Waals surface area contributed by atoms with Crippen molar-refractivity contribution in [2.75, 3.05) is 52.9 Å². The van der Waals surface area contributed by atoms with Crippen molar-refractivity contribution in [3.05, 3.63) is 24.3 Å². The molecule has 0 unspecified atom stereocenters. The number of ether oxygens (including phenoxy) is 2. The Kier molecular flexibility index (Phi) is 49.6. The molecule has 0 bridgehead atoms. The predicted molar refractivity (Wildman–Crippen MR) is 229 cm³/mol. The zero-order valence-electron chi connectivity index (χ0n) is 36.0. The molecule has 0 fully saturated rings. The predicted octanol–water partition coefficient (Wildman–Crippen LogP) is 3.60. The van der Waals surface area contributed by atoms with Crippen LogP contribution in [0.5, 0.6) is 0 Å². The van der Waals surface area contributed by atoms with E-state index in [4.69, 9.17) is 60.5 Å². The van der Waals surface area contributed by atoms with Crippen LogP contribution < -0.4 is 0 Å². The van der Waals surface area contributed by atoms with E-state index in [1.807, 2.05) is 0 Å². The third kappa shape index (κ3) is 46.4. The number of carbonyl (C=O) groups excluding carboxylic acids is 2. The Morgan fingerprint density at radius 1 is 0.377 bits per heavy atom. The Hall–Kier alpha value is -2.94. The molecule has 0 heterocycles. The fraction of sp³-hybridized carbons (Fsp3) is 0.762. The van der Waals surface area contributed by atoms with E-state index in [0.29, 0.717) is 0 Å². The Labute approximate surface area is 383 Å². The normalized spacial score (nSPS) is 10.5. The van der Waals surface area contributed by atoms with E-state index in [9.17, 15) is 28.8 Å². The summed E-state index contributed by atoms with van der Waals surface area (Å²) in [5.74, 6) is -4.07. The fourth-order valence-corrected chi connectivity index (χ4v) is 4.48. The average molecular weight is 893 g/mol. The maximum atomic E-state index is 11.0. The van der Waals surface area contributed by atoms with Gasteiger partial charge in [0.2, 0.25) is 0 Å². The van der Waals surface area contributed by atoms with Crippen LogP contribution in [0.2, 0.25) is 0 Å². The van der Waals surface area contributed by atoms with Gasteiger partial charge < -0.3 is 60.5 Å². The molecule has 0 spiro atoms. The Balaban J connectivity index is -0.000000228. The van der Waals surface area contributed by atoms with Crippen LogP contribution in [-0.2, 0) is 38.2 Å². The number of unbranched alkanes of at least 4 members (excludes halogenated alkanes) is 14. The number of carboxylic acids is 4. The second-order valence-corrected chi connectivity index (χ2v) is 14.9. The summed E-state index contributed by atoms with van der Waals surface area (Å²) in [6, 6.07) is 0. The molecule has 0 saturated carbocycles. The van der Waals surface area contributed by atoms with E-state index < -0.39 is 86.3 Å². The molecule has 0 aromatic heterocycles. The Morgan fingerprint density at radius 2 is 0.541 bits per heavy atom. The molecule has 354 valence electrons. The van der Waals surface area contributed by atoms with E-state index in [-0.39, 0.29) is 79.6 Å². The molecule has 0 saturated heterocycles. The van der Waals surface area contributed by atoms with Gasteiger partial charge in [0.1, 0.15) is 13.2 Å². The number of hydrogen-bond donors (Lipinski definition) is 10. The van der Waals surface area contributed by atoms with Crippen molar-refractivity contribution >= 4 is 65.4 Å². The molecule has 0 aliphatic heterocycles. The van der Waals surface area contributed by atoms with Gasteiger partial charge in [-0.15, -0.1) is 0 Å². The number of aliphatic hydroxyl groups excluding tert-OH is 6. The molecular formula is C42H77NaO18. The number of hydrogen-bond acceptors (Lipinski definition) is 14. The zero-order valence-corrected chi connectivity index (χ0v) is 36.0. The first-order valence-electron chi connectivity index (χ1n) is 20.5. The van der Waals surface area contributed by atoms with Crippen LogP contribution in [0.25, 0.3) is 0 Å². The van der Waals surface area contributed by atoms with Gasteiger partial charge >= 0.3 is 65.4 Å². The fourth-order valence-electron chi connectivity index (χ4n) is 4.48. The first-order valence-corrected chi connectivity index (χ1v) is 20.5. The van der Waals surface area contributed by atoms with Gasteiger partial charge in [0.05, 0.1) is 50.5 Å². The molecule has 19 heteroatoms. The van der Waals surface area contributed by atoms with Gasteiger partial charge in [-0.1, -0.05) is 90.2 Å². The summed E-state index contributed by atoms with van der Waals surface area (Å²) in [7, 11) is 0. The van der Waals surface area contributed by atoms with E-state index in [2.05, 4.69) is 13.2 Å². The molecule has 0 aromatic rings. The Morgan fingerprint density at radius 3 is 0.672 bits per heavy atom. The van der Waals surface area contributed by atoms with Crippen molar-refractivity contribution in [3.8, 4) is 0 Å². The summed E-state index contributed by atoms with van der Waals surface area (Å²) in [6.45, 7) is 6.52. The molecule has 0 amide bonds. The summed E-state index contributed by atoms with van der Waals surface area (Å²) < 4.78 is 9.45. The number of rotatable bonds is 34. The molecule has 0 atom stereocenters. The number of esters is 2. The molecule has 0 aliphatic rings. The maximum absolute atomic E-state index is 11.0. The third-order valence-electron chi connectivity index (χ3n) is 8.79. The number of carboxylic acid groups (broad SMARTS) is 4.